The summed E-state index contributed by atoms with van der Waals surface area (Å²) in [4.78, 5) is 0. The van der Waals surface area contributed by atoms with Gasteiger partial charge in [0.1, 0.15) is 0 Å². The molecule has 0 aromatic carbocycles. The van der Waals surface area contributed by atoms with Crippen LogP contribution in [-0.2, 0) is 9.31 Å². The zero-order chi connectivity index (χ0) is 10.1. The highest BCUT2D eigenvalue weighted by Crippen LogP contribution is 2.08. The zero-order valence-corrected chi connectivity index (χ0v) is 9.51. The van der Waals surface area contributed by atoms with Crippen molar-refractivity contribution in [1.29, 1.82) is 0 Å². The van der Waals surface area contributed by atoms with Gasteiger partial charge in [-0.25, -0.2) is 0 Å². The van der Waals surface area contributed by atoms with Crippen molar-refractivity contribution in [3.05, 3.63) is 0 Å². The molecule has 0 bridgehead atoms. The van der Waals surface area contributed by atoms with Crippen molar-refractivity contribution in [2.24, 2.45) is 5.92 Å². The molecule has 0 unspecified atom stereocenters. The highest BCUT2D eigenvalue weighted by Gasteiger charge is 2.18. The molecular weight excluding hydrogens is 163 g/mol. The highest BCUT2D eigenvalue weighted by atomic mass is 16.6. The normalized spacial score (nSPS) is 10.8. The van der Waals surface area contributed by atoms with E-state index in [9.17, 15) is 0 Å². The first kappa shape index (κ1) is 13.0. The van der Waals surface area contributed by atoms with E-state index in [4.69, 9.17) is 9.31 Å². The molecule has 0 aliphatic rings. The van der Waals surface area contributed by atoms with Gasteiger partial charge in [0, 0.05) is 13.2 Å². The minimum Gasteiger partial charge on any atom is -0.411 e. The fourth-order valence-corrected chi connectivity index (χ4v) is 1.07. The van der Waals surface area contributed by atoms with E-state index in [1.54, 1.807) is 0 Å². The summed E-state index contributed by atoms with van der Waals surface area (Å²) in [6, 6.07) is 0. The van der Waals surface area contributed by atoms with Crippen molar-refractivity contribution in [1.82, 2.24) is 0 Å². The lowest BCUT2D eigenvalue weighted by atomic mass is 9.78. The lowest BCUT2D eigenvalue weighted by Crippen LogP contribution is -2.25. The Kier molecular flexibility index (Phi) is 8.57. The van der Waals surface area contributed by atoms with Crippen LogP contribution in [0.15, 0.2) is 0 Å². The molecule has 0 atom stereocenters. The summed E-state index contributed by atoms with van der Waals surface area (Å²) in [5.74, 6) is 0.638. The quantitative estimate of drug-likeness (QED) is 0.542. The second-order valence-corrected chi connectivity index (χ2v) is 3.80. The van der Waals surface area contributed by atoms with E-state index < -0.39 is 0 Å². The van der Waals surface area contributed by atoms with Crippen LogP contribution in [0.3, 0.4) is 0 Å². The smallest absolute Gasteiger partial charge is 0.411 e. The molecule has 13 heavy (non-hydrogen) atoms. The van der Waals surface area contributed by atoms with E-state index in [0.717, 1.165) is 32.4 Å². The fourth-order valence-electron chi connectivity index (χ4n) is 1.07. The third kappa shape index (κ3) is 8.32. The fraction of sp³-hybridized carbons (Fsp3) is 1.00. The third-order valence-corrected chi connectivity index (χ3v) is 1.68. The van der Waals surface area contributed by atoms with E-state index in [0.29, 0.717) is 5.92 Å². The molecule has 0 fully saturated rings. The van der Waals surface area contributed by atoms with Gasteiger partial charge in [-0.05, 0) is 25.1 Å². The molecule has 0 aliphatic heterocycles. The van der Waals surface area contributed by atoms with Gasteiger partial charge >= 0.3 is 7.12 Å². The maximum Gasteiger partial charge on any atom is 0.457 e. The van der Waals surface area contributed by atoms with E-state index >= 15 is 0 Å². The van der Waals surface area contributed by atoms with Gasteiger partial charge < -0.3 is 9.31 Å². The first-order valence-electron chi connectivity index (χ1n) is 5.43. The standard InChI is InChI=1S/C10H23BO2/c1-5-7-12-11(9-10(3)4)13-8-6-2/h10H,5-9H2,1-4H3. The van der Waals surface area contributed by atoms with Crippen LogP contribution in [0.25, 0.3) is 0 Å². The summed E-state index contributed by atoms with van der Waals surface area (Å²) in [5, 5.41) is 0. The summed E-state index contributed by atoms with van der Waals surface area (Å²) >= 11 is 0. The van der Waals surface area contributed by atoms with E-state index in [1.807, 2.05) is 0 Å². The Labute approximate surface area is 83.1 Å². The van der Waals surface area contributed by atoms with Crippen LogP contribution in [0.5, 0.6) is 0 Å². The first-order chi connectivity index (χ1) is 6.20. The average molecular weight is 186 g/mol. The Morgan fingerprint density at radius 1 is 1.00 bits per heavy atom. The van der Waals surface area contributed by atoms with Crippen LogP contribution in [0, 0.1) is 5.92 Å². The van der Waals surface area contributed by atoms with Gasteiger partial charge in [0.15, 0.2) is 0 Å². The molecule has 0 aromatic rings. The molecule has 0 aliphatic carbocycles. The van der Waals surface area contributed by atoms with E-state index in [1.165, 1.54) is 0 Å². The van der Waals surface area contributed by atoms with Crippen molar-refractivity contribution >= 4 is 7.12 Å². The largest absolute Gasteiger partial charge is 0.457 e. The number of hydrogen-bond donors (Lipinski definition) is 0. The van der Waals surface area contributed by atoms with Gasteiger partial charge in [-0.1, -0.05) is 27.7 Å². The molecule has 0 saturated heterocycles. The van der Waals surface area contributed by atoms with E-state index in [-0.39, 0.29) is 7.12 Å². The second-order valence-electron chi connectivity index (χ2n) is 3.80. The molecule has 0 saturated carbocycles. The summed E-state index contributed by atoms with van der Waals surface area (Å²) < 4.78 is 11.2. The van der Waals surface area contributed by atoms with Crippen LogP contribution < -0.4 is 0 Å². The SMILES string of the molecule is CCCOB(CC(C)C)OCCC. The average Bonchev–Trinajstić information content (AvgIpc) is 2.09. The minimum absolute atomic E-state index is 0.0138. The monoisotopic (exact) mass is 186 g/mol. The lowest BCUT2D eigenvalue weighted by molar-refractivity contribution is 0.193. The maximum atomic E-state index is 5.58. The molecule has 0 rings (SSSR count). The molecule has 0 aromatic heterocycles. The van der Waals surface area contributed by atoms with Crippen LogP contribution in [0.1, 0.15) is 40.5 Å². The molecule has 0 spiro atoms. The molecule has 78 valence electrons. The van der Waals surface area contributed by atoms with Gasteiger partial charge in [0.2, 0.25) is 0 Å². The van der Waals surface area contributed by atoms with Crippen LogP contribution in [0.4, 0.5) is 0 Å². The Balaban J connectivity index is 3.60. The molecule has 2 nitrogen and oxygen atoms in total. The van der Waals surface area contributed by atoms with Crippen molar-refractivity contribution in [2.45, 2.75) is 46.9 Å². The second kappa shape index (κ2) is 8.58. The summed E-state index contributed by atoms with van der Waals surface area (Å²) in [6.07, 6.45) is 3.12. The van der Waals surface area contributed by atoms with Crippen molar-refractivity contribution in [3.63, 3.8) is 0 Å². The number of rotatable bonds is 8. The van der Waals surface area contributed by atoms with Crippen molar-refractivity contribution in [2.75, 3.05) is 13.2 Å². The summed E-state index contributed by atoms with van der Waals surface area (Å²) in [7, 11) is 0.0138. The molecule has 3 heteroatoms. The first-order valence-corrected chi connectivity index (χ1v) is 5.43. The highest BCUT2D eigenvalue weighted by molar-refractivity contribution is 6.44. The van der Waals surface area contributed by atoms with Crippen molar-refractivity contribution < 1.29 is 9.31 Å². The minimum atomic E-state index is 0.0138. The van der Waals surface area contributed by atoms with Crippen LogP contribution >= 0.6 is 0 Å². The van der Waals surface area contributed by atoms with Gasteiger partial charge in [0.25, 0.3) is 0 Å². The third-order valence-electron chi connectivity index (χ3n) is 1.68. The Morgan fingerprint density at radius 2 is 1.46 bits per heavy atom. The predicted octanol–water partition coefficient (Wildman–Crippen LogP) is 2.98. The summed E-state index contributed by atoms with van der Waals surface area (Å²) in [6.45, 7) is 10.2. The summed E-state index contributed by atoms with van der Waals surface area (Å²) in [5.41, 5.74) is 0. The van der Waals surface area contributed by atoms with Gasteiger partial charge in [-0.15, -0.1) is 0 Å². The Morgan fingerprint density at radius 3 is 1.77 bits per heavy atom. The van der Waals surface area contributed by atoms with Gasteiger partial charge in [-0.2, -0.15) is 0 Å². The van der Waals surface area contributed by atoms with Gasteiger partial charge in [-0.3, -0.25) is 0 Å². The zero-order valence-electron chi connectivity index (χ0n) is 9.51. The Hall–Kier alpha value is -0.0151. The Bertz CT molecular complexity index is 99.1. The van der Waals surface area contributed by atoms with Crippen LogP contribution in [-0.4, -0.2) is 20.3 Å². The predicted molar refractivity (Wildman–Crippen MR) is 57.9 cm³/mol. The molecule has 0 N–H and O–H groups in total. The molecule has 0 amide bonds. The van der Waals surface area contributed by atoms with Gasteiger partial charge in [0.05, 0.1) is 0 Å². The molecule has 0 radical (unpaired) electrons. The van der Waals surface area contributed by atoms with E-state index in [2.05, 4.69) is 27.7 Å². The molecular formula is C10H23BO2. The topological polar surface area (TPSA) is 18.5 Å². The lowest BCUT2D eigenvalue weighted by Gasteiger charge is -2.15. The van der Waals surface area contributed by atoms with Crippen LogP contribution in [0.2, 0.25) is 6.32 Å². The maximum absolute atomic E-state index is 5.58. The van der Waals surface area contributed by atoms with Crippen molar-refractivity contribution in [3.8, 4) is 0 Å². The molecule has 0 heterocycles. The number of hydrogen-bond acceptors (Lipinski definition) is 2.